The van der Waals surface area contributed by atoms with Crippen molar-refractivity contribution in [1.29, 1.82) is 0 Å². The Morgan fingerprint density at radius 3 is 1.72 bits per heavy atom. The summed E-state index contributed by atoms with van der Waals surface area (Å²) in [6, 6.07) is 10.5. The highest BCUT2D eigenvalue weighted by Crippen LogP contribution is 2.45. The van der Waals surface area contributed by atoms with Gasteiger partial charge in [0.2, 0.25) is 0 Å². The summed E-state index contributed by atoms with van der Waals surface area (Å²) in [5.41, 5.74) is 3.91. The fraction of sp³-hybridized carbons (Fsp3) is 0.452. The largest absolute Gasteiger partial charge is 0.533 e. The number of amides is 4. The smallest absolute Gasteiger partial charge is 0.432 e. The second kappa shape index (κ2) is 15.3. The molecule has 1 heterocycles. The number of imide groups is 1. The second-order valence-electron chi connectivity index (χ2n) is 10.1. The van der Waals surface area contributed by atoms with Crippen molar-refractivity contribution in [2.75, 3.05) is 46.1 Å². The average molecular weight is 596 g/mol. The SMILES string of the molecule is CCCOCCNC(=O)c1ccc2c(c1)C(COC(=O)ON1C(=O)CCC1=O)c1cc(C(=O)NCCOCCC)ccc1-2. The first-order valence-corrected chi connectivity index (χ1v) is 14.5. The Morgan fingerprint density at radius 2 is 1.26 bits per heavy atom. The molecule has 1 aliphatic carbocycles. The number of fused-ring (bicyclic) bond motifs is 3. The number of nitrogens with one attached hydrogen (secondary N) is 2. The lowest BCUT2D eigenvalue weighted by molar-refractivity contribution is -0.177. The molecular weight excluding hydrogens is 558 g/mol. The van der Waals surface area contributed by atoms with Crippen molar-refractivity contribution in [2.24, 2.45) is 0 Å². The van der Waals surface area contributed by atoms with Gasteiger partial charge in [0.25, 0.3) is 23.6 Å². The van der Waals surface area contributed by atoms with Crippen LogP contribution in [-0.2, 0) is 28.6 Å². The zero-order valence-electron chi connectivity index (χ0n) is 24.4. The summed E-state index contributed by atoms with van der Waals surface area (Å²) in [4.78, 5) is 66.8. The summed E-state index contributed by atoms with van der Waals surface area (Å²) >= 11 is 0. The van der Waals surface area contributed by atoms with E-state index < -0.39 is 23.9 Å². The number of nitrogens with zero attached hydrogens (tertiary/aromatic N) is 1. The third-order valence-corrected chi connectivity index (χ3v) is 6.97. The van der Waals surface area contributed by atoms with E-state index in [-0.39, 0.29) is 31.3 Å². The molecule has 1 aliphatic heterocycles. The van der Waals surface area contributed by atoms with E-state index in [2.05, 4.69) is 10.6 Å². The van der Waals surface area contributed by atoms with Crippen LogP contribution in [-0.4, -0.2) is 81.0 Å². The van der Waals surface area contributed by atoms with Crippen LogP contribution in [0.3, 0.4) is 0 Å². The van der Waals surface area contributed by atoms with E-state index in [0.717, 1.165) is 35.1 Å². The van der Waals surface area contributed by atoms with E-state index in [1.807, 2.05) is 26.0 Å². The Bertz CT molecular complexity index is 1270. The van der Waals surface area contributed by atoms with E-state index in [0.29, 0.717) is 55.7 Å². The fourth-order valence-corrected chi connectivity index (χ4v) is 4.90. The first kappa shape index (κ1) is 31.6. The maximum atomic E-state index is 12.9. The van der Waals surface area contributed by atoms with Gasteiger partial charge in [0.05, 0.1) is 13.2 Å². The van der Waals surface area contributed by atoms with Crippen molar-refractivity contribution in [3.63, 3.8) is 0 Å². The number of hydrogen-bond donors (Lipinski definition) is 2. The molecule has 230 valence electrons. The van der Waals surface area contributed by atoms with Gasteiger partial charge in [-0.05, 0) is 59.4 Å². The van der Waals surface area contributed by atoms with Gasteiger partial charge in [-0.1, -0.05) is 31.0 Å². The van der Waals surface area contributed by atoms with Crippen LogP contribution in [0.1, 0.15) is 77.3 Å². The van der Waals surface area contributed by atoms with Crippen LogP contribution in [0, 0.1) is 0 Å². The van der Waals surface area contributed by atoms with Crippen LogP contribution in [0.4, 0.5) is 4.79 Å². The van der Waals surface area contributed by atoms with Crippen molar-refractivity contribution >= 4 is 29.8 Å². The predicted molar refractivity (Wildman–Crippen MR) is 154 cm³/mol. The topological polar surface area (TPSA) is 150 Å². The lowest BCUT2D eigenvalue weighted by atomic mass is 9.95. The van der Waals surface area contributed by atoms with Crippen LogP contribution in [0.15, 0.2) is 36.4 Å². The Kier molecular flexibility index (Phi) is 11.2. The highest BCUT2D eigenvalue weighted by molar-refractivity contribution is 6.01. The van der Waals surface area contributed by atoms with Crippen molar-refractivity contribution in [2.45, 2.75) is 45.4 Å². The molecule has 4 rings (SSSR count). The van der Waals surface area contributed by atoms with Crippen LogP contribution in [0.25, 0.3) is 11.1 Å². The highest BCUT2D eigenvalue weighted by atomic mass is 16.8. The third kappa shape index (κ3) is 7.96. The molecule has 12 heteroatoms. The van der Waals surface area contributed by atoms with Crippen LogP contribution in [0.5, 0.6) is 0 Å². The molecule has 1 fully saturated rings. The monoisotopic (exact) mass is 595 g/mol. The minimum Gasteiger partial charge on any atom is -0.432 e. The van der Waals surface area contributed by atoms with Crippen LogP contribution < -0.4 is 10.6 Å². The predicted octanol–water partition coefficient (Wildman–Crippen LogP) is 3.33. The quantitative estimate of drug-likeness (QED) is 0.180. The number of benzene rings is 2. The zero-order chi connectivity index (χ0) is 30.8. The fourth-order valence-electron chi connectivity index (χ4n) is 4.90. The zero-order valence-corrected chi connectivity index (χ0v) is 24.4. The summed E-state index contributed by atoms with van der Waals surface area (Å²) in [7, 11) is 0. The molecule has 2 aliphatic rings. The van der Waals surface area contributed by atoms with Crippen molar-refractivity contribution in [3.05, 3.63) is 58.7 Å². The molecule has 0 bridgehead atoms. The van der Waals surface area contributed by atoms with Gasteiger partial charge >= 0.3 is 6.16 Å². The van der Waals surface area contributed by atoms with Gasteiger partial charge in [-0.3, -0.25) is 24.0 Å². The Balaban J connectivity index is 1.52. The summed E-state index contributed by atoms with van der Waals surface area (Å²) < 4.78 is 16.2. The molecule has 12 nitrogen and oxygen atoms in total. The number of rotatable bonds is 15. The summed E-state index contributed by atoms with van der Waals surface area (Å²) in [6.07, 6.45) is 0.483. The van der Waals surface area contributed by atoms with E-state index in [4.69, 9.17) is 19.0 Å². The number of hydroxylamine groups is 2. The average Bonchev–Trinajstić information content (AvgIpc) is 3.49. The van der Waals surface area contributed by atoms with E-state index in [1.54, 1.807) is 24.3 Å². The van der Waals surface area contributed by atoms with Gasteiger partial charge in [-0.25, -0.2) is 4.79 Å². The highest BCUT2D eigenvalue weighted by Gasteiger charge is 2.35. The lowest BCUT2D eigenvalue weighted by Gasteiger charge is -2.17. The molecule has 0 unspecified atom stereocenters. The molecule has 1 saturated heterocycles. The van der Waals surface area contributed by atoms with Gasteiger partial charge in [0, 0.05) is 56.2 Å². The molecule has 0 saturated carbocycles. The summed E-state index contributed by atoms with van der Waals surface area (Å²) in [6.45, 7) is 6.51. The molecule has 43 heavy (non-hydrogen) atoms. The van der Waals surface area contributed by atoms with E-state index in [9.17, 15) is 24.0 Å². The molecule has 0 atom stereocenters. The molecule has 0 spiro atoms. The van der Waals surface area contributed by atoms with Crippen molar-refractivity contribution < 1.29 is 43.0 Å². The number of carbonyl (C=O) groups is 5. The Hall–Kier alpha value is -4.29. The van der Waals surface area contributed by atoms with Crippen LogP contribution >= 0.6 is 0 Å². The molecule has 4 amide bonds. The normalized spacial score (nSPS) is 14.0. The Morgan fingerprint density at radius 1 is 0.767 bits per heavy atom. The van der Waals surface area contributed by atoms with Gasteiger partial charge in [0.15, 0.2) is 0 Å². The van der Waals surface area contributed by atoms with E-state index in [1.165, 1.54) is 0 Å². The molecule has 0 radical (unpaired) electrons. The second-order valence-corrected chi connectivity index (χ2v) is 10.1. The molecule has 0 aromatic heterocycles. The molecule has 2 aromatic rings. The third-order valence-electron chi connectivity index (χ3n) is 6.97. The van der Waals surface area contributed by atoms with Gasteiger partial charge in [-0.15, -0.1) is 0 Å². The summed E-state index contributed by atoms with van der Waals surface area (Å²) in [5.74, 6) is -2.36. The minimum atomic E-state index is -1.21. The molecule has 2 aromatic carbocycles. The Labute approximate surface area is 249 Å². The maximum Gasteiger partial charge on any atom is 0.533 e. The van der Waals surface area contributed by atoms with E-state index >= 15 is 0 Å². The number of ether oxygens (including phenoxy) is 3. The van der Waals surface area contributed by atoms with Gasteiger partial charge in [0.1, 0.15) is 6.61 Å². The van der Waals surface area contributed by atoms with Crippen molar-refractivity contribution in [1.82, 2.24) is 15.7 Å². The molecular formula is C31H37N3O9. The van der Waals surface area contributed by atoms with Gasteiger partial charge < -0.3 is 24.8 Å². The first-order chi connectivity index (χ1) is 20.8. The molecule has 2 N–H and O–H groups in total. The summed E-state index contributed by atoms with van der Waals surface area (Å²) in [5, 5.41) is 6.09. The lowest BCUT2D eigenvalue weighted by Crippen LogP contribution is -2.32. The number of hydrogen-bond acceptors (Lipinski definition) is 9. The first-order valence-electron chi connectivity index (χ1n) is 14.5. The standard InChI is InChI=1S/C31H37N3O9/c1-3-13-40-15-11-32-29(37)20-5-7-22-23-8-6-21(30(38)33-12-16-41-14-4-2)18-25(23)26(24(22)17-20)19-42-31(39)43-34-27(35)9-10-28(34)36/h5-8,17-18,26H,3-4,9-16,19H2,1-2H3,(H,32,37)(H,33,38). The van der Waals surface area contributed by atoms with Gasteiger partial charge in [-0.2, -0.15) is 0 Å². The maximum absolute atomic E-state index is 12.9. The number of carbonyl (C=O) groups excluding carboxylic acids is 5. The minimum absolute atomic E-state index is 0.0410. The van der Waals surface area contributed by atoms with Crippen molar-refractivity contribution in [3.8, 4) is 11.1 Å². The van der Waals surface area contributed by atoms with Crippen LogP contribution in [0.2, 0.25) is 0 Å².